The normalized spacial score (nSPS) is 10.6. The molecule has 2 nitrogen and oxygen atoms in total. The summed E-state index contributed by atoms with van der Waals surface area (Å²) in [5.41, 5.74) is 3.55. The number of rotatable bonds is 3. The fraction of sp³-hybridized carbons (Fsp3) is 0.333. The van der Waals surface area contributed by atoms with Crippen molar-refractivity contribution in [1.82, 2.24) is 4.98 Å². The lowest BCUT2D eigenvalue weighted by Crippen LogP contribution is -1.86. The van der Waals surface area contributed by atoms with Crippen molar-refractivity contribution in [3.05, 3.63) is 40.5 Å². The van der Waals surface area contributed by atoms with Gasteiger partial charge in [0.15, 0.2) is 0 Å². The number of hydrogen-bond acceptors (Lipinski definition) is 3. The predicted octanol–water partition coefficient (Wildman–Crippen LogP) is 4.31. The first-order valence-corrected chi connectivity index (χ1v) is 6.87. The maximum Gasteiger partial charge on any atom is 0.108 e. The molecule has 0 bridgehead atoms. The van der Waals surface area contributed by atoms with Crippen LogP contribution in [0.3, 0.4) is 0 Å². The van der Waals surface area contributed by atoms with E-state index in [1.54, 1.807) is 11.3 Å². The molecule has 92 valence electrons. The molecule has 0 N–H and O–H groups in total. The van der Waals surface area contributed by atoms with Gasteiger partial charge in [-0.25, -0.2) is 4.98 Å². The van der Waals surface area contributed by atoms with Gasteiger partial charge in [0.1, 0.15) is 5.01 Å². The highest BCUT2D eigenvalue weighted by Crippen LogP contribution is 2.31. The third-order valence-electron chi connectivity index (χ3n) is 2.91. The van der Waals surface area contributed by atoms with Gasteiger partial charge in [-0.3, -0.25) is 0 Å². The molecule has 0 aliphatic carbocycles. The summed E-state index contributed by atoms with van der Waals surface area (Å²) in [6, 6.07) is 10.8. The maximum atomic E-state index is 8.70. The molecule has 0 radical (unpaired) electrons. The molecular weight excluding hydrogens is 240 g/mol. The molecular formula is C15H16N2S. The molecule has 0 spiro atoms. The number of nitriles is 1. The molecule has 0 saturated carbocycles. The lowest BCUT2D eigenvalue weighted by atomic mass is 10.0. The van der Waals surface area contributed by atoms with Gasteiger partial charge in [0.2, 0.25) is 0 Å². The molecule has 1 aromatic carbocycles. The van der Waals surface area contributed by atoms with Crippen LogP contribution in [0.2, 0.25) is 0 Å². The van der Waals surface area contributed by atoms with Crippen LogP contribution >= 0.6 is 11.3 Å². The Morgan fingerprint density at radius 1 is 1.28 bits per heavy atom. The van der Waals surface area contributed by atoms with Crippen LogP contribution in [0.5, 0.6) is 0 Å². The molecule has 2 rings (SSSR count). The van der Waals surface area contributed by atoms with E-state index in [1.165, 1.54) is 16.0 Å². The monoisotopic (exact) mass is 256 g/mol. The molecule has 3 heteroatoms. The third-order valence-corrected chi connectivity index (χ3v) is 4.12. The lowest BCUT2D eigenvalue weighted by Gasteiger charge is -2.06. The maximum absolute atomic E-state index is 8.70. The van der Waals surface area contributed by atoms with Crippen LogP contribution in [0.1, 0.15) is 36.0 Å². The van der Waals surface area contributed by atoms with E-state index < -0.39 is 0 Å². The van der Waals surface area contributed by atoms with E-state index in [-0.39, 0.29) is 0 Å². The van der Waals surface area contributed by atoms with E-state index in [2.05, 4.69) is 49.2 Å². The van der Waals surface area contributed by atoms with Crippen molar-refractivity contribution >= 4 is 11.3 Å². The molecule has 2 aromatic rings. The first-order valence-electron chi connectivity index (χ1n) is 6.05. The van der Waals surface area contributed by atoms with Gasteiger partial charge in [-0.05, 0) is 24.0 Å². The quantitative estimate of drug-likeness (QED) is 0.820. The lowest BCUT2D eigenvalue weighted by molar-refractivity contribution is 0.867. The molecule has 0 aliphatic heterocycles. The Morgan fingerprint density at radius 2 is 1.94 bits per heavy atom. The van der Waals surface area contributed by atoms with Crippen LogP contribution in [0.15, 0.2) is 24.3 Å². The van der Waals surface area contributed by atoms with E-state index in [1.807, 2.05) is 6.92 Å². The summed E-state index contributed by atoms with van der Waals surface area (Å²) in [5.74, 6) is 0.552. The van der Waals surface area contributed by atoms with Crippen LogP contribution in [0.4, 0.5) is 0 Å². The molecule has 0 aliphatic rings. The highest BCUT2D eigenvalue weighted by atomic mass is 32.1. The van der Waals surface area contributed by atoms with Crippen molar-refractivity contribution in [1.29, 1.82) is 5.26 Å². The molecule has 0 fully saturated rings. The van der Waals surface area contributed by atoms with Gasteiger partial charge in [-0.15, -0.1) is 11.3 Å². The second kappa shape index (κ2) is 5.32. The summed E-state index contributed by atoms with van der Waals surface area (Å²) in [6.07, 6.45) is 0.398. The fourth-order valence-electron chi connectivity index (χ4n) is 1.88. The second-order valence-corrected chi connectivity index (χ2v) is 5.72. The number of aromatic nitrogens is 1. The SMILES string of the molecule is Cc1nc(CC#N)sc1-c1ccc(C(C)C)cc1. The van der Waals surface area contributed by atoms with Gasteiger partial charge < -0.3 is 0 Å². The molecule has 0 amide bonds. The van der Waals surface area contributed by atoms with Crippen molar-refractivity contribution in [2.75, 3.05) is 0 Å². The summed E-state index contributed by atoms with van der Waals surface area (Å²) < 4.78 is 0. The Hall–Kier alpha value is -1.66. The Labute approximate surface area is 112 Å². The summed E-state index contributed by atoms with van der Waals surface area (Å²) in [7, 11) is 0. The zero-order chi connectivity index (χ0) is 13.1. The minimum Gasteiger partial charge on any atom is -0.245 e. The third kappa shape index (κ3) is 2.60. The van der Waals surface area contributed by atoms with E-state index in [9.17, 15) is 0 Å². The van der Waals surface area contributed by atoms with Gasteiger partial charge in [-0.1, -0.05) is 38.1 Å². The largest absolute Gasteiger partial charge is 0.245 e. The van der Waals surface area contributed by atoms with Crippen molar-refractivity contribution < 1.29 is 0 Å². The summed E-state index contributed by atoms with van der Waals surface area (Å²) in [6.45, 7) is 6.39. The smallest absolute Gasteiger partial charge is 0.108 e. The van der Waals surface area contributed by atoms with Gasteiger partial charge in [0.05, 0.1) is 23.1 Å². The number of hydrogen-bond donors (Lipinski definition) is 0. The number of benzene rings is 1. The van der Waals surface area contributed by atoms with E-state index >= 15 is 0 Å². The van der Waals surface area contributed by atoms with Crippen LogP contribution in [0.25, 0.3) is 10.4 Å². The number of nitrogens with zero attached hydrogens (tertiary/aromatic N) is 2. The molecule has 1 heterocycles. The summed E-state index contributed by atoms with van der Waals surface area (Å²) in [4.78, 5) is 5.61. The van der Waals surface area contributed by atoms with Crippen LogP contribution in [0, 0.1) is 18.3 Å². The Kier molecular flexibility index (Phi) is 3.78. The van der Waals surface area contributed by atoms with E-state index in [0.29, 0.717) is 12.3 Å². The Balaban J connectivity index is 2.34. The number of thiazole rings is 1. The van der Waals surface area contributed by atoms with E-state index in [0.717, 1.165) is 10.7 Å². The molecule has 1 aromatic heterocycles. The van der Waals surface area contributed by atoms with Crippen molar-refractivity contribution in [3.8, 4) is 16.5 Å². The first-order chi connectivity index (χ1) is 8.61. The van der Waals surface area contributed by atoms with Crippen LogP contribution in [-0.4, -0.2) is 4.98 Å². The first kappa shape index (κ1) is 12.8. The van der Waals surface area contributed by atoms with Gasteiger partial charge in [-0.2, -0.15) is 5.26 Å². The zero-order valence-corrected chi connectivity index (χ0v) is 11.7. The highest BCUT2D eigenvalue weighted by Gasteiger charge is 2.09. The molecule has 0 saturated heterocycles. The summed E-state index contributed by atoms with van der Waals surface area (Å²) >= 11 is 1.62. The molecule has 18 heavy (non-hydrogen) atoms. The topological polar surface area (TPSA) is 36.7 Å². The molecule has 0 atom stereocenters. The van der Waals surface area contributed by atoms with Crippen LogP contribution < -0.4 is 0 Å². The van der Waals surface area contributed by atoms with Crippen LogP contribution in [-0.2, 0) is 6.42 Å². The molecule has 0 unspecified atom stereocenters. The van der Waals surface area contributed by atoms with Gasteiger partial charge >= 0.3 is 0 Å². The van der Waals surface area contributed by atoms with Crippen molar-refractivity contribution in [2.24, 2.45) is 0 Å². The second-order valence-electron chi connectivity index (χ2n) is 4.63. The standard InChI is InChI=1S/C15H16N2S/c1-10(2)12-4-6-13(7-5-12)15-11(3)17-14(18-15)8-9-16/h4-7,10H,8H2,1-3H3. The Morgan fingerprint density at radius 3 is 2.50 bits per heavy atom. The van der Waals surface area contributed by atoms with Gasteiger partial charge in [0, 0.05) is 0 Å². The highest BCUT2D eigenvalue weighted by molar-refractivity contribution is 7.15. The summed E-state index contributed by atoms with van der Waals surface area (Å²) in [5, 5.41) is 9.61. The van der Waals surface area contributed by atoms with Crippen molar-refractivity contribution in [3.63, 3.8) is 0 Å². The van der Waals surface area contributed by atoms with E-state index in [4.69, 9.17) is 5.26 Å². The Bertz CT molecular complexity index is 574. The zero-order valence-electron chi connectivity index (χ0n) is 10.9. The minimum atomic E-state index is 0.398. The van der Waals surface area contributed by atoms with Crippen molar-refractivity contribution in [2.45, 2.75) is 33.1 Å². The average Bonchev–Trinajstić information content (AvgIpc) is 2.71. The minimum absolute atomic E-state index is 0.398. The predicted molar refractivity (Wildman–Crippen MR) is 75.7 cm³/mol. The fourth-order valence-corrected chi connectivity index (χ4v) is 2.88. The van der Waals surface area contributed by atoms with Gasteiger partial charge in [0.25, 0.3) is 0 Å². The number of aryl methyl sites for hydroxylation is 1. The average molecular weight is 256 g/mol.